The van der Waals surface area contributed by atoms with Gasteiger partial charge in [-0.25, -0.2) is 0 Å². The number of Topliss-reactive ketones (excluding diaryl/α,β-unsaturated/α-hetero) is 2. The molecule has 0 radical (unpaired) electrons. The smallest absolute Gasteiger partial charge is 0.306 e. The summed E-state index contributed by atoms with van der Waals surface area (Å²) in [5.41, 5.74) is -1.98. The standard InChI is InChI=1S/C30H37NO8/c1-28-11-9-19(32)14-18(28)5-6-21-22-10-12-30(37,29(22,2)15-23(33)27(21)28)24(34)17-39-26(36)8-7-25(35)31-16-20-4-3-13-38-20/h3-4,13-14,21-22,27,37H,5-12,15-17H2,1-2H3,(H,31,35). The average molecular weight is 540 g/mol. The molecule has 1 heterocycles. The lowest BCUT2D eigenvalue weighted by Gasteiger charge is -2.57. The molecule has 4 aliphatic rings. The average Bonchev–Trinajstić information content (AvgIpc) is 3.51. The number of nitrogens with one attached hydrogen (secondary N) is 1. The number of carbonyl (C=O) groups is 5. The zero-order chi connectivity index (χ0) is 28.0. The maximum absolute atomic E-state index is 13.7. The molecule has 3 fully saturated rings. The second kappa shape index (κ2) is 10.2. The number of esters is 1. The third kappa shape index (κ3) is 4.68. The predicted octanol–water partition coefficient (Wildman–Crippen LogP) is 3.23. The molecule has 9 nitrogen and oxygen atoms in total. The van der Waals surface area contributed by atoms with Gasteiger partial charge in [-0.05, 0) is 67.6 Å². The third-order valence-corrected chi connectivity index (χ3v) is 10.2. The van der Waals surface area contributed by atoms with E-state index in [0.717, 1.165) is 18.4 Å². The Hall–Kier alpha value is -3.07. The summed E-state index contributed by atoms with van der Waals surface area (Å²) in [6, 6.07) is 3.43. The van der Waals surface area contributed by atoms with Crippen molar-refractivity contribution < 1.29 is 38.2 Å². The monoisotopic (exact) mass is 539 g/mol. The highest BCUT2D eigenvalue weighted by atomic mass is 16.5. The highest BCUT2D eigenvalue weighted by Crippen LogP contribution is 2.66. The van der Waals surface area contributed by atoms with Crippen LogP contribution in [-0.2, 0) is 35.3 Å². The van der Waals surface area contributed by atoms with Gasteiger partial charge in [0.2, 0.25) is 11.7 Å². The molecule has 4 aliphatic carbocycles. The number of fused-ring (bicyclic) bond motifs is 5. The van der Waals surface area contributed by atoms with E-state index in [1.807, 2.05) is 6.92 Å². The zero-order valence-electron chi connectivity index (χ0n) is 22.6. The summed E-state index contributed by atoms with van der Waals surface area (Å²) in [6.45, 7) is 3.55. The van der Waals surface area contributed by atoms with Gasteiger partial charge in [0.25, 0.3) is 0 Å². The van der Waals surface area contributed by atoms with E-state index >= 15 is 0 Å². The first kappa shape index (κ1) is 27.5. The number of rotatable bonds is 8. The number of ether oxygens (including phenoxy) is 1. The number of carbonyl (C=O) groups excluding carboxylic acids is 5. The summed E-state index contributed by atoms with van der Waals surface area (Å²) < 4.78 is 10.3. The van der Waals surface area contributed by atoms with E-state index in [2.05, 4.69) is 12.2 Å². The molecule has 0 bridgehead atoms. The second-order valence-corrected chi connectivity index (χ2v) is 12.2. The van der Waals surface area contributed by atoms with E-state index in [1.165, 1.54) is 6.26 Å². The van der Waals surface area contributed by atoms with Crippen LogP contribution in [0.4, 0.5) is 0 Å². The van der Waals surface area contributed by atoms with Gasteiger partial charge in [-0.3, -0.25) is 24.0 Å². The molecule has 1 aromatic heterocycles. The lowest BCUT2D eigenvalue weighted by molar-refractivity contribution is -0.173. The van der Waals surface area contributed by atoms with Crippen LogP contribution in [0.1, 0.15) is 77.4 Å². The lowest BCUT2D eigenvalue weighted by atomic mass is 9.46. The zero-order valence-corrected chi connectivity index (χ0v) is 22.6. The van der Waals surface area contributed by atoms with Crippen molar-refractivity contribution in [3.63, 3.8) is 0 Å². The van der Waals surface area contributed by atoms with Crippen molar-refractivity contribution in [1.29, 1.82) is 0 Å². The number of ketones is 3. The number of aliphatic hydroxyl groups is 1. The van der Waals surface area contributed by atoms with Crippen molar-refractivity contribution in [1.82, 2.24) is 5.32 Å². The number of furan rings is 1. The topological polar surface area (TPSA) is 140 Å². The lowest BCUT2D eigenvalue weighted by Crippen LogP contribution is -2.61. The van der Waals surface area contributed by atoms with E-state index in [9.17, 15) is 29.1 Å². The molecule has 0 saturated heterocycles. The molecule has 2 N–H and O–H groups in total. The van der Waals surface area contributed by atoms with Crippen LogP contribution in [0, 0.1) is 28.6 Å². The number of allylic oxidation sites excluding steroid dienone is 1. The first-order valence-corrected chi connectivity index (χ1v) is 13.9. The molecule has 3 saturated carbocycles. The van der Waals surface area contributed by atoms with Gasteiger partial charge in [-0.2, -0.15) is 0 Å². The Bertz CT molecular complexity index is 1220. The molecule has 1 aromatic rings. The summed E-state index contributed by atoms with van der Waals surface area (Å²) in [4.78, 5) is 63.3. The van der Waals surface area contributed by atoms with Crippen molar-refractivity contribution in [2.75, 3.05) is 6.61 Å². The fourth-order valence-corrected chi connectivity index (χ4v) is 8.09. The van der Waals surface area contributed by atoms with Crippen molar-refractivity contribution in [2.24, 2.45) is 28.6 Å². The normalized spacial score (nSPS) is 35.4. The second-order valence-electron chi connectivity index (χ2n) is 12.2. The summed E-state index contributed by atoms with van der Waals surface area (Å²) in [7, 11) is 0. The van der Waals surface area contributed by atoms with E-state index in [0.29, 0.717) is 25.0 Å². The Kier molecular flexibility index (Phi) is 7.16. The number of hydrogen-bond acceptors (Lipinski definition) is 8. The molecule has 0 aromatic carbocycles. The van der Waals surface area contributed by atoms with Gasteiger partial charge in [0.1, 0.15) is 17.1 Å². The first-order valence-electron chi connectivity index (χ1n) is 13.9. The van der Waals surface area contributed by atoms with Crippen LogP contribution in [0.15, 0.2) is 34.5 Å². The van der Waals surface area contributed by atoms with Gasteiger partial charge in [0.05, 0.1) is 19.2 Å². The quantitative estimate of drug-likeness (QED) is 0.480. The summed E-state index contributed by atoms with van der Waals surface area (Å²) in [5, 5.41) is 14.4. The summed E-state index contributed by atoms with van der Waals surface area (Å²) in [5.74, 6) is -1.07. The minimum Gasteiger partial charge on any atom is -0.467 e. The molecular formula is C30H37NO8. The van der Waals surface area contributed by atoms with Crippen LogP contribution in [0.5, 0.6) is 0 Å². The van der Waals surface area contributed by atoms with Crippen LogP contribution >= 0.6 is 0 Å². The predicted molar refractivity (Wildman–Crippen MR) is 138 cm³/mol. The molecule has 6 atom stereocenters. The molecule has 0 spiro atoms. The molecule has 39 heavy (non-hydrogen) atoms. The highest BCUT2D eigenvalue weighted by Gasteiger charge is 2.68. The molecular weight excluding hydrogens is 502 g/mol. The van der Waals surface area contributed by atoms with Crippen LogP contribution in [0.2, 0.25) is 0 Å². The van der Waals surface area contributed by atoms with Crippen molar-refractivity contribution in [2.45, 2.75) is 83.8 Å². The molecule has 1 amide bonds. The van der Waals surface area contributed by atoms with Crippen LogP contribution < -0.4 is 5.32 Å². The van der Waals surface area contributed by atoms with E-state index < -0.39 is 29.4 Å². The van der Waals surface area contributed by atoms with Gasteiger partial charge < -0.3 is 19.6 Å². The Labute approximate surface area is 227 Å². The van der Waals surface area contributed by atoms with E-state index in [4.69, 9.17) is 9.15 Å². The third-order valence-electron chi connectivity index (χ3n) is 10.2. The molecule has 9 heteroatoms. The van der Waals surface area contributed by atoms with Crippen LogP contribution in [0.25, 0.3) is 0 Å². The minimum atomic E-state index is -1.77. The van der Waals surface area contributed by atoms with Gasteiger partial charge in [-0.1, -0.05) is 19.4 Å². The first-order chi connectivity index (χ1) is 18.5. The fraction of sp³-hybridized carbons (Fsp3) is 0.633. The minimum absolute atomic E-state index is 0.0151. The molecule has 0 aliphatic heterocycles. The Morgan fingerprint density at radius 1 is 1.13 bits per heavy atom. The Morgan fingerprint density at radius 2 is 1.92 bits per heavy atom. The highest BCUT2D eigenvalue weighted by molar-refractivity contribution is 5.95. The van der Waals surface area contributed by atoms with E-state index in [-0.39, 0.29) is 72.9 Å². The maximum Gasteiger partial charge on any atom is 0.306 e. The molecule has 5 rings (SSSR count). The molecule has 210 valence electrons. The van der Waals surface area contributed by atoms with Gasteiger partial charge in [-0.15, -0.1) is 0 Å². The van der Waals surface area contributed by atoms with Gasteiger partial charge in [0.15, 0.2) is 12.4 Å². The summed E-state index contributed by atoms with van der Waals surface area (Å²) >= 11 is 0. The van der Waals surface area contributed by atoms with Crippen molar-refractivity contribution >= 4 is 29.2 Å². The fourth-order valence-electron chi connectivity index (χ4n) is 8.09. The summed E-state index contributed by atoms with van der Waals surface area (Å²) in [6.07, 6.45) is 6.47. The van der Waals surface area contributed by atoms with Crippen molar-refractivity contribution in [3.8, 4) is 0 Å². The van der Waals surface area contributed by atoms with Crippen LogP contribution in [0.3, 0.4) is 0 Å². The van der Waals surface area contributed by atoms with Crippen LogP contribution in [-0.4, -0.2) is 46.5 Å². The Balaban J connectivity index is 1.19. The number of hydrogen-bond donors (Lipinski definition) is 2. The largest absolute Gasteiger partial charge is 0.467 e. The SMILES string of the molecule is CC12CCC(=O)C=C1CCC1C2C(=O)CC2(C)C1CCC2(O)C(=O)COC(=O)CCC(=O)NCc1ccco1. The van der Waals surface area contributed by atoms with Crippen molar-refractivity contribution in [3.05, 3.63) is 35.8 Å². The van der Waals surface area contributed by atoms with E-state index in [1.54, 1.807) is 18.2 Å². The maximum atomic E-state index is 13.7. The van der Waals surface area contributed by atoms with Gasteiger partial charge >= 0.3 is 5.97 Å². The molecule has 6 unspecified atom stereocenters. The van der Waals surface area contributed by atoms with Gasteiger partial charge in [0, 0.05) is 30.6 Å². The Morgan fingerprint density at radius 3 is 2.67 bits per heavy atom. The number of amides is 1.